The molecule has 1 atom stereocenters. The molecule has 8 heteroatoms. The Balaban J connectivity index is 2.17. The van der Waals surface area contributed by atoms with E-state index in [4.69, 9.17) is 4.74 Å². The molecule has 0 saturated carbocycles. The van der Waals surface area contributed by atoms with Crippen molar-refractivity contribution in [3.63, 3.8) is 0 Å². The third-order valence-electron chi connectivity index (χ3n) is 4.90. The van der Waals surface area contributed by atoms with Gasteiger partial charge in [0.25, 0.3) is 5.69 Å². The zero-order valence-corrected chi connectivity index (χ0v) is 16.6. The molecular formula is C21H21N3O5. The Morgan fingerprint density at radius 2 is 1.90 bits per heavy atom. The summed E-state index contributed by atoms with van der Waals surface area (Å²) in [5, 5.41) is 13.9. The number of nitrogens with zero attached hydrogens (tertiary/aromatic N) is 2. The maximum absolute atomic E-state index is 13.0. The molecule has 0 bridgehead atoms. The number of aryl methyl sites for hydroxylation is 2. The predicted octanol–water partition coefficient (Wildman–Crippen LogP) is 3.93. The smallest absolute Gasteiger partial charge is 0.337 e. The van der Waals surface area contributed by atoms with E-state index in [1.165, 1.54) is 30.2 Å². The number of anilines is 1. The lowest BCUT2D eigenvalue weighted by molar-refractivity contribution is -0.384. The Kier molecular flexibility index (Phi) is 5.36. The van der Waals surface area contributed by atoms with Crippen LogP contribution in [0.3, 0.4) is 0 Å². The number of nitrogens with one attached hydrogen (secondary N) is 1. The molecule has 0 saturated heterocycles. The van der Waals surface area contributed by atoms with Gasteiger partial charge in [-0.15, -0.1) is 0 Å². The maximum Gasteiger partial charge on any atom is 0.337 e. The number of rotatable bonds is 4. The first kappa shape index (κ1) is 20.1. The molecule has 0 aliphatic carbocycles. The zero-order chi connectivity index (χ0) is 21.3. The number of nitro groups is 1. The number of hydrogen-bond donors (Lipinski definition) is 1. The molecule has 2 aromatic carbocycles. The fourth-order valence-electron chi connectivity index (χ4n) is 3.53. The number of methoxy groups -OCH3 is 1. The average Bonchev–Trinajstić information content (AvgIpc) is 2.68. The molecule has 1 aliphatic heterocycles. The molecule has 29 heavy (non-hydrogen) atoms. The second-order valence-electron chi connectivity index (χ2n) is 6.85. The highest BCUT2D eigenvalue weighted by atomic mass is 16.6. The highest BCUT2D eigenvalue weighted by Crippen LogP contribution is 2.36. The van der Waals surface area contributed by atoms with Crippen molar-refractivity contribution in [2.75, 3.05) is 12.0 Å². The third kappa shape index (κ3) is 3.69. The van der Waals surface area contributed by atoms with Gasteiger partial charge >= 0.3 is 12.0 Å². The van der Waals surface area contributed by atoms with E-state index in [2.05, 4.69) is 5.32 Å². The van der Waals surface area contributed by atoms with E-state index in [9.17, 15) is 19.7 Å². The summed E-state index contributed by atoms with van der Waals surface area (Å²) in [6, 6.07) is 10.2. The van der Waals surface area contributed by atoms with Gasteiger partial charge in [-0.3, -0.25) is 15.0 Å². The van der Waals surface area contributed by atoms with Gasteiger partial charge in [-0.1, -0.05) is 29.8 Å². The van der Waals surface area contributed by atoms with Crippen LogP contribution in [0.1, 0.15) is 29.7 Å². The van der Waals surface area contributed by atoms with Crippen molar-refractivity contribution in [1.29, 1.82) is 0 Å². The molecule has 0 aromatic heterocycles. The zero-order valence-electron chi connectivity index (χ0n) is 16.6. The van der Waals surface area contributed by atoms with E-state index in [0.717, 1.165) is 11.1 Å². The van der Waals surface area contributed by atoms with E-state index in [0.29, 0.717) is 16.9 Å². The summed E-state index contributed by atoms with van der Waals surface area (Å²) in [5.41, 5.74) is 3.48. The molecule has 8 nitrogen and oxygen atoms in total. The van der Waals surface area contributed by atoms with E-state index < -0.39 is 23.0 Å². The maximum atomic E-state index is 13.0. The lowest BCUT2D eigenvalue weighted by Gasteiger charge is -2.36. The molecule has 0 unspecified atom stereocenters. The average molecular weight is 395 g/mol. The second kappa shape index (κ2) is 7.75. The molecule has 0 fully saturated rings. The number of carbonyl (C=O) groups excluding carboxylic acids is 2. The topological polar surface area (TPSA) is 102 Å². The van der Waals surface area contributed by atoms with Crippen LogP contribution in [0.15, 0.2) is 53.7 Å². The fourth-order valence-corrected chi connectivity index (χ4v) is 3.53. The first-order chi connectivity index (χ1) is 13.7. The summed E-state index contributed by atoms with van der Waals surface area (Å²) in [6.07, 6.45) is 0. The number of ether oxygens (including phenoxy) is 1. The van der Waals surface area contributed by atoms with Crippen LogP contribution in [-0.4, -0.2) is 24.0 Å². The molecular weight excluding hydrogens is 374 g/mol. The largest absolute Gasteiger partial charge is 0.466 e. The van der Waals surface area contributed by atoms with Crippen molar-refractivity contribution in [3.05, 3.63) is 80.5 Å². The monoisotopic (exact) mass is 395 g/mol. The number of benzene rings is 2. The number of esters is 1. The summed E-state index contributed by atoms with van der Waals surface area (Å²) >= 11 is 0. The number of amides is 2. The number of hydrogen-bond acceptors (Lipinski definition) is 5. The van der Waals surface area contributed by atoms with Crippen molar-refractivity contribution in [2.45, 2.75) is 26.8 Å². The third-order valence-corrected chi connectivity index (χ3v) is 4.90. The van der Waals surface area contributed by atoms with Crippen LogP contribution < -0.4 is 10.2 Å². The Morgan fingerprint density at radius 3 is 2.52 bits per heavy atom. The molecule has 0 spiro atoms. The van der Waals surface area contributed by atoms with E-state index in [1.807, 2.05) is 32.0 Å². The molecule has 1 N–H and O–H groups in total. The normalized spacial score (nSPS) is 16.5. The fraction of sp³-hybridized carbons (Fsp3) is 0.238. The van der Waals surface area contributed by atoms with Crippen LogP contribution in [0.5, 0.6) is 0 Å². The van der Waals surface area contributed by atoms with Gasteiger partial charge in [0.15, 0.2) is 0 Å². The molecule has 150 valence electrons. The number of non-ortho nitro benzene ring substituents is 1. The summed E-state index contributed by atoms with van der Waals surface area (Å²) in [4.78, 5) is 37.7. The van der Waals surface area contributed by atoms with Crippen molar-refractivity contribution >= 4 is 23.4 Å². The van der Waals surface area contributed by atoms with Crippen LogP contribution >= 0.6 is 0 Å². The van der Waals surface area contributed by atoms with Gasteiger partial charge in [0, 0.05) is 17.8 Å². The van der Waals surface area contributed by atoms with Crippen LogP contribution in [0, 0.1) is 24.0 Å². The van der Waals surface area contributed by atoms with Gasteiger partial charge < -0.3 is 10.1 Å². The van der Waals surface area contributed by atoms with E-state index in [1.54, 1.807) is 13.0 Å². The minimum atomic E-state index is -0.864. The standard InChI is InChI=1S/C21H21N3O5/c1-12-8-9-17(13(2)10-12)23-14(3)18(20(25)29-4)19(22-21(23)26)15-6-5-7-16(11-15)24(27)28/h5-11,19H,1-4H3,(H,22,26)/t19-/m0/s1. The molecule has 2 amide bonds. The van der Waals surface area contributed by atoms with Crippen LogP contribution in [0.4, 0.5) is 16.2 Å². The first-order valence-electron chi connectivity index (χ1n) is 8.96. The number of nitro benzene ring substituents is 1. The summed E-state index contributed by atoms with van der Waals surface area (Å²) < 4.78 is 4.95. The Hall–Kier alpha value is -3.68. The Labute approximate surface area is 167 Å². The molecule has 2 aromatic rings. The van der Waals surface area contributed by atoms with Crippen LogP contribution in [0.25, 0.3) is 0 Å². The summed E-state index contributed by atoms with van der Waals surface area (Å²) in [7, 11) is 1.25. The lowest BCUT2D eigenvalue weighted by atomic mass is 9.94. The number of carbonyl (C=O) groups is 2. The molecule has 1 heterocycles. The van der Waals surface area contributed by atoms with E-state index in [-0.39, 0.29) is 11.3 Å². The van der Waals surface area contributed by atoms with Crippen LogP contribution in [0.2, 0.25) is 0 Å². The van der Waals surface area contributed by atoms with Crippen molar-refractivity contribution in [2.24, 2.45) is 0 Å². The van der Waals surface area contributed by atoms with Gasteiger partial charge in [0.05, 0.1) is 29.3 Å². The van der Waals surface area contributed by atoms with Gasteiger partial charge in [-0.05, 0) is 38.0 Å². The summed E-state index contributed by atoms with van der Waals surface area (Å²) in [5.74, 6) is -0.617. The van der Waals surface area contributed by atoms with E-state index >= 15 is 0 Å². The van der Waals surface area contributed by atoms with Crippen molar-refractivity contribution in [1.82, 2.24) is 5.32 Å². The Morgan fingerprint density at radius 1 is 1.17 bits per heavy atom. The van der Waals surface area contributed by atoms with Crippen LogP contribution in [-0.2, 0) is 9.53 Å². The lowest BCUT2D eigenvalue weighted by Crippen LogP contribution is -2.48. The highest BCUT2D eigenvalue weighted by Gasteiger charge is 2.37. The number of urea groups is 1. The second-order valence-corrected chi connectivity index (χ2v) is 6.85. The highest BCUT2D eigenvalue weighted by molar-refractivity contribution is 6.03. The van der Waals surface area contributed by atoms with Gasteiger partial charge in [0.2, 0.25) is 0 Å². The quantitative estimate of drug-likeness (QED) is 0.480. The minimum absolute atomic E-state index is 0.129. The van der Waals surface area contributed by atoms with Crippen molar-refractivity contribution in [3.8, 4) is 0 Å². The predicted molar refractivity (Wildman–Crippen MR) is 107 cm³/mol. The van der Waals surface area contributed by atoms with Gasteiger partial charge in [0.1, 0.15) is 0 Å². The van der Waals surface area contributed by atoms with Gasteiger partial charge in [-0.2, -0.15) is 0 Å². The minimum Gasteiger partial charge on any atom is -0.466 e. The number of allylic oxidation sites excluding steroid dienone is 1. The SMILES string of the molecule is COC(=O)C1=C(C)N(c2ccc(C)cc2C)C(=O)N[C@H]1c1cccc([N+](=O)[O-])c1. The summed E-state index contributed by atoms with van der Waals surface area (Å²) in [6.45, 7) is 5.50. The molecule has 3 rings (SSSR count). The van der Waals surface area contributed by atoms with Gasteiger partial charge in [-0.25, -0.2) is 9.59 Å². The first-order valence-corrected chi connectivity index (χ1v) is 8.96. The molecule has 1 aliphatic rings. The Bertz CT molecular complexity index is 1040. The van der Waals surface area contributed by atoms with Crippen molar-refractivity contribution < 1.29 is 19.2 Å². The molecule has 0 radical (unpaired) electrons.